The molecule has 6 heteroatoms. The smallest absolute Gasteiger partial charge is 0.221 e. The molecule has 0 radical (unpaired) electrons. The number of amides is 1. The van der Waals surface area contributed by atoms with Gasteiger partial charge in [0.25, 0.3) is 0 Å². The molecule has 0 bridgehead atoms. The van der Waals surface area contributed by atoms with Gasteiger partial charge >= 0.3 is 0 Å². The van der Waals surface area contributed by atoms with Gasteiger partial charge in [0.15, 0.2) is 0 Å². The van der Waals surface area contributed by atoms with Crippen molar-refractivity contribution in [1.29, 1.82) is 0 Å². The molecule has 0 spiro atoms. The van der Waals surface area contributed by atoms with Gasteiger partial charge in [0.2, 0.25) is 5.91 Å². The van der Waals surface area contributed by atoms with Crippen LogP contribution in [0.25, 0.3) is 0 Å². The lowest BCUT2D eigenvalue weighted by atomic mass is 9.85. The lowest BCUT2D eigenvalue weighted by molar-refractivity contribution is -0.121. The Kier molecular flexibility index (Phi) is 4.84. The highest BCUT2D eigenvalue weighted by molar-refractivity contribution is 5.76. The molecular formula is C12H23N5O. The van der Waals surface area contributed by atoms with E-state index < -0.39 is 0 Å². The Bertz CT molecular complexity index is 393. The van der Waals surface area contributed by atoms with E-state index in [4.69, 9.17) is 5.73 Å². The van der Waals surface area contributed by atoms with Gasteiger partial charge in [0, 0.05) is 32.5 Å². The van der Waals surface area contributed by atoms with Crippen molar-refractivity contribution >= 4 is 5.91 Å². The van der Waals surface area contributed by atoms with E-state index in [0.717, 1.165) is 5.82 Å². The predicted octanol–water partition coefficient (Wildman–Crippen LogP) is 0.237. The van der Waals surface area contributed by atoms with Crippen molar-refractivity contribution in [3.8, 4) is 0 Å². The Morgan fingerprint density at radius 3 is 2.72 bits per heavy atom. The van der Waals surface area contributed by atoms with E-state index in [0.29, 0.717) is 19.4 Å². The quantitative estimate of drug-likeness (QED) is 0.787. The highest BCUT2D eigenvalue weighted by Gasteiger charge is 2.22. The molecular weight excluding hydrogens is 230 g/mol. The maximum absolute atomic E-state index is 11.7. The predicted molar refractivity (Wildman–Crippen MR) is 69.8 cm³/mol. The van der Waals surface area contributed by atoms with Crippen molar-refractivity contribution in [1.82, 2.24) is 20.1 Å². The second kappa shape index (κ2) is 5.95. The maximum atomic E-state index is 11.7. The number of aromatic nitrogens is 3. The molecule has 18 heavy (non-hydrogen) atoms. The molecule has 3 N–H and O–H groups in total. The number of hydrogen-bond donors (Lipinski definition) is 2. The first-order valence-electron chi connectivity index (χ1n) is 6.16. The van der Waals surface area contributed by atoms with Crippen molar-refractivity contribution in [2.24, 2.45) is 18.2 Å². The van der Waals surface area contributed by atoms with Crippen LogP contribution in [0.1, 0.15) is 33.0 Å². The number of rotatable bonds is 5. The van der Waals surface area contributed by atoms with Crippen LogP contribution in [0.15, 0.2) is 6.33 Å². The van der Waals surface area contributed by atoms with Gasteiger partial charge in [-0.15, -0.1) is 10.2 Å². The summed E-state index contributed by atoms with van der Waals surface area (Å²) in [5.41, 5.74) is 5.90. The molecule has 0 aliphatic rings. The fraction of sp³-hybridized carbons (Fsp3) is 0.750. The largest absolute Gasteiger partial charge is 0.356 e. The molecule has 1 aromatic heterocycles. The van der Waals surface area contributed by atoms with Crippen LogP contribution in [-0.4, -0.2) is 33.3 Å². The van der Waals surface area contributed by atoms with Crippen LogP contribution >= 0.6 is 0 Å². The number of hydrogen-bond acceptors (Lipinski definition) is 4. The summed E-state index contributed by atoms with van der Waals surface area (Å²) < 4.78 is 1.84. The van der Waals surface area contributed by atoms with E-state index in [1.807, 2.05) is 32.4 Å². The number of nitrogens with one attached hydrogen (secondary N) is 1. The zero-order valence-electron chi connectivity index (χ0n) is 11.6. The molecule has 1 heterocycles. The van der Waals surface area contributed by atoms with E-state index in [-0.39, 0.29) is 17.4 Å². The highest BCUT2D eigenvalue weighted by Crippen LogP contribution is 2.19. The van der Waals surface area contributed by atoms with Gasteiger partial charge < -0.3 is 15.6 Å². The third kappa shape index (κ3) is 4.44. The van der Waals surface area contributed by atoms with Crippen LogP contribution in [0.3, 0.4) is 0 Å². The summed E-state index contributed by atoms with van der Waals surface area (Å²) in [7, 11) is 1.88. The molecule has 0 fully saturated rings. The lowest BCUT2D eigenvalue weighted by Gasteiger charge is -2.26. The first kappa shape index (κ1) is 14.6. The van der Waals surface area contributed by atoms with Gasteiger partial charge in [-0.05, 0) is 5.41 Å². The fourth-order valence-electron chi connectivity index (χ4n) is 1.43. The van der Waals surface area contributed by atoms with Crippen molar-refractivity contribution in [2.75, 3.05) is 6.54 Å². The molecule has 0 aliphatic carbocycles. The number of carbonyl (C=O) groups excluding carboxylic acids is 1. The highest BCUT2D eigenvalue weighted by atomic mass is 16.1. The van der Waals surface area contributed by atoms with E-state index in [1.165, 1.54) is 0 Å². The Hall–Kier alpha value is -1.43. The normalized spacial score (nSPS) is 13.4. The Morgan fingerprint density at radius 2 is 2.22 bits per heavy atom. The maximum Gasteiger partial charge on any atom is 0.221 e. The van der Waals surface area contributed by atoms with Gasteiger partial charge in [-0.1, -0.05) is 20.8 Å². The zero-order valence-corrected chi connectivity index (χ0v) is 11.6. The second-order valence-corrected chi connectivity index (χ2v) is 5.63. The van der Waals surface area contributed by atoms with Crippen molar-refractivity contribution in [2.45, 2.75) is 39.7 Å². The minimum absolute atomic E-state index is 0.0143. The van der Waals surface area contributed by atoms with Crippen LogP contribution < -0.4 is 11.1 Å². The summed E-state index contributed by atoms with van der Waals surface area (Å²) in [6.45, 7) is 6.65. The fourth-order valence-corrected chi connectivity index (χ4v) is 1.43. The lowest BCUT2D eigenvalue weighted by Crippen LogP contribution is -2.40. The zero-order chi connectivity index (χ0) is 13.8. The number of carbonyl (C=O) groups is 1. The van der Waals surface area contributed by atoms with Gasteiger partial charge in [0.1, 0.15) is 12.2 Å². The first-order valence-corrected chi connectivity index (χ1v) is 6.16. The topological polar surface area (TPSA) is 85.8 Å². The van der Waals surface area contributed by atoms with Crippen molar-refractivity contribution in [3.63, 3.8) is 0 Å². The minimum Gasteiger partial charge on any atom is -0.356 e. The molecule has 1 atom stereocenters. The molecule has 0 aliphatic heterocycles. The molecule has 1 amide bonds. The minimum atomic E-state index is -0.132. The summed E-state index contributed by atoms with van der Waals surface area (Å²) >= 11 is 0. The summed E-state index contributed by atoms with van der Waals surface area (Å²) in [4.78, 5) is 11.7. The van der Waals surface area contributed by atoms with Crippen molar-refractivity contribution in [3.05, 3.63) is 12.2 Å². The Balaban J connectivity index is 2.28. The van der Waals surface area contributed by atoms with E-state index >= 15 is 0 Å². The summed E-state index contributed by atoms with van der Waals surface area (Å²) in [6, 6.07) is -0.132. The Morgan fingerprint density at radius 1 is 1.56 bits per heavy atom. The summed E-state index contributed by atoms with van der Waals surface area (Å²) in [5.74, 6) is 0.843. The molecule has 6 nitrogen and oxygen atoms in total. The third-order valence-corrected chi connectivity index (χ3v) is 2.99. The van der Waals surface area contributed by atoms with Crippen LogP contribution in [-0.2, 0) is 18.3 Å². The summed E-state index contributed by atoms with van der Waals surface area (Å²) in [6.07, 6.45) is 2.67. The SMILES string of the molecule is Cn1cnnc1CCNC(=O)CC(N)C(C)(C)C. The molecule has 0 saturated carbocycles. The second-order valence-electron chi connectivity index (χ2n) is 5.63. The van der Waals surface area contributed by atoms with Crippen LogP contribution in [0, 0.1) is 5.41 Å². The average Bonchev–Trinajstić information content (AvgIpc) is 2.63. The molecule has 1 rings (SSSR count). The number of nitrogens with zero attached hydrogens (tertiary/aromatic N) is 3. The Labute approximate surface area is 108 Å². The molecule has 102 valence electrons. The molecule has 0 saturated heterocycles. The van der Waals surface area contributed by atoms with Crippen LogP contribution in [0.2, 0.25) is 0 Å². The van der Waals surface area contributed by atoms with Gasteiger partial charge in [0.05, 0.1) is 0 Å². The van der Waals surface area contributed by atoms with Gasteiger partial charge in [-0.2, -0.15) is 0 Å². The molecule has 1 unspecified atom stereocenters. The average molecular weight is 253 g/mol. The first-order chi connectivity index (χ1) is 8.30. The monoisotopic (exact) mass is 253 g/mol. The van der Waals surface area contributed by atoms with E-state index in [2.05, 4.69) is 15.5 Å². The van der Waals surface area contributed by atoms with Crippen LogP contribution in [0.5, 0.6) is 0 Å². The van der Waals surface area contributed by atoms with Gasteiger partial charge in [-0.25, -0.2) is 0 Å². The summed E-state index contributed by atoms with van der Waals surface area (Å²) in [5, 5.41) is 10.6. The number of aryl methyl sites for hydroxylation is 1. The van der Waals surface area contributed by atoms with E-state index in [1.54, 1.807) is 6.33 Å². The van der Waals surface area contributed by atoms with E-state index in [9.17, 15) is 4.79 Å². The third-order valence-electron chi connectivity index (χ3n) is 2.99. The molecule has 1 aromatic rings. The van der Waals surface area contributed by atoms with Crippen molar-refractivity contribution < 1.29 is 4.79 Å². The number of nitrogens with two attached hydrogens (primary N) is 1. The van der Waals surface area contributed by atoms with Crippen LogP contribution in [0.4, 0.5) is 0 Å². The van der Waals surface area contributed by atoms with Gasteiger partial charge in [-0.3, -0.25) is 4.79 Å². The molecule has 0 aromatic carbocycles. The standard InChI is InChI=1S/C12H23N5O/c1-12(2,3)9(13)7-11(18)14-6-5-10-16-15-8-17(10)4/h8-9H,5-7,13H2,1-4H3,(H,14,18).